The first-order valence-electron chi connectivity index (χ1n) is 5.34. The molecule has 0 radical (unpaired) electrons. The van der Waals surface area contributed by atoms with Crippen LogP contribution in [0.15, 0.2) is 0 Å². The van der Waals surface area contributed by atoms with E-state index in [1.807, 2.05) is 0 Å². The first kappa shape index (κ1) is 11.8. The van der Waals surface area contributed by atoms with E-state index in [-0.39, 0.29) is 18.6 Å². The van der Waals surface area contributed by atoms with E-state index >= 15 is 0 Å². The van der Waals surface area contributed by atoms with Gasteiger partial charge in [0.05, 0.1) is 0 Å². The maximum Gasteiger partial charge on any atom is 0.323 e. The van der Waals surface area contributed by atoms with Crippen molar-refractivity contribution in [2.24, 2.45) is 5.92 Å². The van der Waals surface area contributed by atoms with Crippen molar-refractivity contribution in [3.8, 4) is 0 Å². The number of carbonyl (C=O) groups excluding carboxylic acids is 1. The second-order valence-electron chi connectivity index (χ2n) is 4.19. The highest BCUT2D eigenvalue weighted by Crippen LogP contribution is 2.23. The van der Waals surface area contributed by atoms with E-state index in [2.05, 4.69) is 17.6 Å². The summed E-state index contributed by atoms with van der Waals surface area (Å²) in [4.78, 5) is 21.4. The molecule has 0 spiro atoms. The number of carbonyl (C=O) groups is 2. The summed E-state index contributed by atoms with van der Waals surface area (Å²) in [6.45, 7) is 1.84. The summed E-state index contributed by atoms with van der Waals surface area (Å²) in [7, 11) is 0. The molecule has 2 amide bonds. The minimum absolute atomic E-state index is 0.197. The van der Waals surface area contributed by atoms with E-state index < -0.39 is 5.97 Å². The van der Waals surface area contributed by atoms with Crippen molar-refractivity contribution < 1.29 is 14.7 Å². The van der Waals surface area contributed by atoms with Crippen molar-refractivity contribution in [3.05, 3.63) is 0 Å². The zero-order chi connectivity index (χ0) is 11.3. The number of hydrogen-bond donors (Lipinski definition) is 3. The fraction of sp³-hybridized carbons (Fsp3) is 0.800. The van der Waals surface area contributed by atoms with Crippen LogP contribution < -0.4 is 10.6 Å². The Balaban J connectivity index is 2.22. The Hall–Kier alpha value is -1.26. The van der Waals surface area contributed by atoms with Crippen molar-refractivity contribution >= 4 is 12.0 Å². The Kier molecular flexibility index (Phi) is 4.39. The number of hydrogen-bond acceptors (Lipinski definition) is 2. The number of carboxylic acid groups (broad SMARTS) is 1. The lowest BCUT2D eigenvalue weighted by atomic mass is 9.87. The second-order valence-corrected chi connectivity index (χ2v) is 4.19. The van der Waals surface area contributed by atoms with Crippen LogP contribution in [0.4, 0.5) is 4.79 Å². The van der Waals surface area contributed by atoms with Gasteiger partial charge < -0.3 is 15.7 Å². The van der Waals surface area contributed by atoms with Gasteiger partial charge in [0.25, 0.3) is 0 Å². The molecule has 5 nitrogen and oxygen atoms in total. The largest absolute Gasteiger partial charge is 0.480 e. The number of aliphatic carboxylic acids is 1. The third-order valence-electron chi connectivity index (χ3n) is 2.67. The molecular formula is C10H18N2O3. The first-order valence-corrected chi connectivity index (χ1v) is 5.34. The average molecular weight is 214 g/mol. The van der Waals surface area contributed by atoms with Crippen LogP contribution in [-0.2, 0) is 4.79 Å². The standard InChI is InChI=1S/C10H18N2O3/c1-7-3-2-4-8(5-7)12-10(15)11-6-9(13)14/h7-8H,2-6H2,1H3,(H,13,14)(H2,11,12,15). The number of urea groups is 1. The molecule has 1 aliphatic carbocycles. The predicted octanol–water partition coefficient (Wildman–Crippen LogP) is 0.949. The monoisotopic (exact) mass is 214 g/mol. The van der Waals surface area contributed by atoms with E-state index in [1.54, 1.807) is 0 Å². The summed E-state index contributed by atoms with van der Waals surface area (Å²) in [6, 6.07) is -0.181. The van der Waals surface area contributed by atoms with Crippen LogP contribution in [0.2, 0.25) is 0 Å². The van der Waals surface area contributed by atoms with Gasteiger partial charge in [-0.1, -0.05) is 19.8 Å². The van der Waals surface area contributed by atoms with Crippen LogP contribution in [0.5, 0.6) is 0 Å². The molecule has 0 bridgehead atoms. The van der Waals surface area contributed by atoms with E-state index in [1.165, 1.54) is 6.42 Å². The molecule has 0 aromatic carbocycles. The highest BCUT2D eigenvalue weighted by atomic mass is 16.4. The van der Waals surface area contributed by atoms with Gasteiger partial charge in [0, 0.05) is 6.04 Å². The van der Waals surface area contributed by atoms with Gasteiger partial charge in [-0.25, -0.2) is 4.79 Å². The fourth-order valence-electron chi connectivity index (χ4n) is 1.96. The Labute approximate surface area is 89.2 Å². The molecule has 0 saturated heterocycles. The summed E-state index contributed by atoms with van der Waals surface area (Å²) in [6.07, 6.45) is 4.32. The van der Waals surface area contributed by atoms with Crippen LogP contribution in [0, 0.1) is 5.92 Å². The molecule has 1 fully saturated rings. The van der Waals surface area contributed by atoms with Crippen molar-refractivity contribution in [1.29, 1.82) is 0 Å². The molecule has 1 saturated carbocycles. The zero-order valence-corrected chi connectivity index (χ0v) is 8.95. The van der Waals surface area contributed by atoms with Gasteiger partial charge in [-0.15, -0.1) is 0 Å². The predicted molar refractivity (Wildman–Crippen MR) is 55.6 cm³/mol. The Morgan fingerprint density at radius 1 is 1.40 bits per heavy atom. The lowest BCUT2D eigenvalue weighted by molar-refractivity contribution is -0.135. The average Bonchev–Trinajstić information content (AvgIpc) is 2.15. The van der Waals surface area contributed by atoms with Gasteiger partial charge in [-0.3, -0.25) is 4.79 Å². The molecule has 0 aromatic heterocycles. The Bertz CT molecular complexity index is 243. The van der Waals surface area contributed by atoms with Gasteiger partial charge in [0.15, 0.2) is 0 Å². The molecule has 15 heavy (non-hydrogen) atoms. The zero-order valence-electron chi connectivity index (χ0n) is 8.95. The molecule has 86 valence electrons. The smallest absolute Gasteiger partial charge is 0.323 e. The van der Waals surface area contributed by atoms with E-state index in [0.29, 0.717) is 5.92 Å². The van der Waals surface area contributed by atoms with Crippen LogP contribution in [0.3, 0.4) is 0 Å². The lowest BCUT2D eigenvalue weighted by Gasteiger charge is -2.27. The molecule has 5 heteroatoms. The maximum absolute atomic E-state index is 11.2. The van der Waals surface area contributed by atoms with Gasteiger partial charge in [-0.2, -0.15) is 0 Å². The molecular weight excluding hydrogens is 196 g/mol. The lowest BCUT2D eigenvalue weighted by Crippen LogP contribution is -2.45. The summed E-state index contributed by atoms with van der Waals surface area (Å²) in [5, 5.41) is 13.5. The molecule has 2 atom stereocenters. The molecule has 0 heterocycles. The fourth-order valence-corrected chi connectivity index (χ4v) is 1.96. The molecule has 1 aliphatic rings. The number of amides is 2. The Morgan fingerprint density at radius 2 is 2.13 bits per heavy atom. The van der Waals surface area contributed by atoms with Crippen LogP contribution in [-0.4, -0.2) is 29.7 Å². The number of nitrogens with one attached hydrogen (secondary N) is 2. The van der Waals surface area contributed by atoms with Gasteiger partial charge in [0.1, 0.15) is 6.54 Å². The topological polar surface area (TPSA) is 78.4 Å². The van der Waals surface area contributed by atoms with Crippen LogP contribution >= 0.6 is 0 Å². The molecule has 1 rings (SSSR count). The SMILES string of the molecule is CC1CCCC(NC(=O)NCC(=O)O)C1. The summed E-state index contributed by atoms with van der Waals surface area (Å²) < 4.78 is 0. The summed E-state index contributed by atoms with van der Waals surface area (Å²) >= 11 is 0. The number of carboxylic acids is 1. The van der Waals surface area contributed by atoms with Crippen molar-refractivity contribution in [3.63, 3.8) is 0 Å². The summed E-state index contributed by atoms with van der Waals surface area (Å²) in [5.41, 5.74) is 0. The maximum atomic E-state index is 11.2. The molecule has 0 aromatic rings. The molecule has 0 aliphatic heterocycles. The van der Waals surface area contributed by atoms with E-state index in [4.69, 9.17) is 5.11 Å². The summed E-state index contributed by atoms with van der Waals surface area (Å²) in [5.74, 6) is -0.384. The van der Waals surface area contributed by atoms with Crippen LogP contribution in [0.25, 0.3) is 0 Å². The third kappa shape index (κ3) is 4.67. The number of rotatable bonds is 3. The van der Waals surface area contributed by atoms with Gasteiger partial charge in [-0.05, 0) is 18.8 Å². The minimum atomic E-state index is -1.03. The second kappa shape index (κ2) is 5.58. The van der Waals surface area contributed by atoms with Crippen LogP contribution in [0.1, 0.15) is 32.6 Å². The third-order valence-corrected chi connectivity index (χ3v) is 2.67. The highest BCUT2D eigenvalue weighted by molar-refractivity contribution is 5.79. The first-order chi connectivity index (χ1) is 7.08. The Morgan fingerprint density at radius 3 is 2.73 bits per heavy atom. The molecule has 3 N–H and O–H groups in total. The minimum Gasteiger partial charge on any atom is -0.480 e. The normalized spacial score (nSPS) is 25.7. The van der Waals surface area contributed by atoms with E-state index in [0.717, 1.165) is 19.3 Å². The van der Waals surface area contributed by atoms with Gasteiger partial charge >= 0.3 is 12.0 Å². The van der Waals surface area contributed by atoms with Gasteiger partial charge in [0.2, 0.25) is 0 Å². The van der Waals surface area contributed by atoms with Crippen molar-refractivity contribution in [2.75, 3.05) is 6.54 Å². The molecule has 2 unspecified atom stereocenters. The van der Waals surface area contributed by atoms with Crippen molar-refractivity contribution in [2.45, 2.75) is 38.6 Å². The van der Waals surface area contributed by atoms with E-state index in [9.17, 15) is 9.59 Å². The highest BCUT2D eigenvalue weighted by Gasteiger charge is 2.20. The van der Waals surface area contributed by atoms with Crippen molar-refractivity contribution in [1.82, 2.24) is 10.6 Å². The quantitative estimate of drug-likeness (QED) is 0.654.